The molecule has 1 aliphatic rings. The highest BCUT2D eigenvalue weighted by Gasteiger charge is 2.16. The summed E-state index contributed by atoms with van der Waals surface area (Å²) in [6.45, 7) is 5.27. The molecule has 18 heavy (non-hydrogen) atoms. The summed E-state index contributed by atoms with van der Waals surface area (Å²) in [5, 5.41) is 3.60. The number of hydrogen-bond donors (Lipinski definition) is 1. The minimum atomic E-state index is 0.575. The molecule has 1 N–H and O–H groups in total. The first kappa shape index (κ1) is 13.2. The minimum Gasteiger partial charge on any atom is -0.494 e. The number of ether oxygens (including phenoxy) is 1. The minimum absolute atomic E-state index is 0.575. The summed E-state index contributed by atoms with van der Waals surface area (Å²) in [5.41, 5.74) is 1.19. The van der Waals surface area contributed by atoms with Crippen LogP contribution in [-0.2, 0) is 0 Å². The van der Waals surface area contributed by atoms with Crippen LogP contribution in [0.25, 0.3) is 0 Å². The molecule has 0 amide bonds. The summed E-state index contributed by atoms with van der Waals surface area (Å²) in [7, 11) is 2.19. The number of hydrogen-bond acceptors (Lipinski definition) is 3. The molecule has 0 saturated carbocycles. The van der Waals surface area contributed by atoms with Crippen LogP contribution in [0, 0.1) is 0 Å². The van der Waals surface area contributed by atoms with Crippen molar-refractivity contribution in [3.63, 3.8) is 0 Å². The maximum absolute atomic E-state index is 5.58. The van der Waals surface area contributed by atoms with Gasteiger partial charge in [-0.2, -0.15) is 0 Å². The lowest BCUT2D eigenvalue weighted by Crippen LogP contribution is -2.39. The second-order valence-corrected chi connectivity index (χ2v) is 5.12. The van der Waals surface area contributed by atoms with Crippen LogP contribution in [0.2, 0.25) is 0 Å². The normalized spacial score (nSPS) is 20.7. The Hall–Kier alpha value is -1.22. The van der Waals surface area contributed by atoms with E-state index in [9.17, 15) is 0 Å². The third-order valence-electron chi connectivity index (χ3n) is 3.32. The molecule has 2 rings (SSSR count). The van der Waals surface area contributed by atoms with Crippen LogP contribution >= 0.6 is 0 Å². The van der Waals surface area contributed by atoms with Crippen LogP contribution in [0.5, 0.6) is 5.75 Å². The predicted molar refractivity (Wildman–Crippen MR) is 76.4 cm³/mol. The van der Waals surface area contributed by atoms with E-state index >= 15 is 0 Å². The van der Waals surface area contributed by atoms with E-state index in [0.717, 1.165) is 25.3 Å². The lowest BCUT2D eigenvalue weighted by molar-refractivity contribution is 0.261. The molecule has 0 spiro atoms. The Kier molecular flexibility index (Phi) is 4.88. The van der Waals surface area contributed by atoms with Crippen LogP contribution in [0.15, 0.2) is 24.3 Å². The topological polar surface area (TPSA) is 24.5 Å². The van der Waals surface area contributed by atoms with Gasteiger partial charge in [0, 0.05) is 18.3 Å². The van der Waals surface area contributed by atoms with Crippen LogP contribution in [0.4, 0.5) is 5.69 Å². The van der Waals surface area contributed by atoms with Crippen molar-refractivity contribution >= 4 is 5.69 Å². The lowest BCUT2D eigenvalue weighted by atomic mass is 10.1. The van der Waals surface area contributed by atoms with Gasteiger partial charge >= 0.3 is 0 Å². The molecule has 1 heterocycles. The van der Waals surface area contributed by atoms with Gasteiger partial charge in [-0.25, -0.2) is 0 Å². The molecule has 1 saturated heterocycles. The van der Waals surface area contributed by atoms with Gasteiger partial charge in [-0.15, -0.1) is 0 Å². The molecule has 0 aliphatic carbocycles. The predicted octanol–water partition coefficient (Wildman–Crippen LogP) is 2.98. The van der Waals surface area contributed by atoms with E-state index in [1.165, 1.54) is 25.1 Å². The highest BCUT2D eigenvalue weighted by Crippen LogP contribution is 2.19. The fourth-order valence-corrected chi connectivity index (χ4v) is 2.39. The molecule has 1 aromatic carbocycles. The molecule has 100 valence electrons. The zero-order valence-corrected chi connectivity index (χ0v) is 11.5. The molecular formula is C15H24N2O. The highest BCUT2D eigenvalue weighted by atomic mass is 16.5. The quantitative estimate of drug-likeness (QED) is 0.867. The van der Waals surface area contributed by atoms with Crippen molar-refractivity contribution in [3.05, 3.63) is 24.3 Å². The van der Waals surface area contributed by atoms with Gasteiger partial charge in [0.1, 0.15) is 5.75 Å². The second kappa shape index (κ2) is 6.64. The van der Waals surface area contributed by atoms with Crippen molar-refractivity contribution < 1.29 is 4.74 Å². The standard InChI is InChI=1S/C15H24N2O/c1-3-11-18-15-8-6-13(7-9-15)16-14-5-4-10-17(2)12-14/h6-9,14,16H,3-5,10-12H2,1-2H3. The maximum atomic E-state index is 5.58. The summed E-state index contributed by atoms with van der Waals surface area (Å²) < 4.78 is 5.58. The summed E-state index contributed by atoms with van der Waals surface area (Å²) in [6.07, 6.45) is 3.60. The first-order valence-electron chi connectivity index (χ1n) is 6.96. The van der Waals surface area contributed by atoms with Crippen molar-refractivity contribution in [1.82, 2.24) is 4.90 Å². The molecule has 0 radical (unpaired) electrons. The zero-order chi connectivity index (χ0) is 12.8. The van der Waals surface area contributed by atoms with Crippen molar-refractivity contribution in [2.45, 2.75) is 32.2 Å². The SMILES string of the molecule is CCCOc1ccc(NC2CCCN(C)C2)cc1. The fourth-order valence-electron chi connectivity index (χ4n) is 2.39. The summed E-state index contributed by atoms with van der Waals surface area (Å²) in [4.78, 5) is 2.39. The number of nitrogens with zero attached hydrogens (tertiary/aromatic N) is 1. The Morgan fingerprint density at radius 1 is 1.33 bits per heavy atom. The first-order valence-corrected chi connectivity index (χ1v) is 6.96. The van der Waals surface area contributed by atoms with E-state index in [1.54, 1.807) is 0 Å². The van der Waals surface area contributed by atoms with Crippen molar-refractivity contribution in [2.24, 2.45) is 0 Å². The molecule has 3 heteroatoms. The van der Waals surface area contributed by atoms with Gasteiger partial charge in [0.2, 0.25) is 0 Å². The third-order valence-corrected chi connectivity index (χ3v) is 3.32. The Labute approximate surface area is 110 Å². The molecular weight excluding hydrogens is 224 g/mol. The average Bonchev–Trinajstić information content (AvgIpc) is 2.38. The Bertz CT molecular complexity index is 350. The third kappa shape index (κ3) is 3.91. The van der Waals surface area contributed by atoms with E-state index in [2.05, 4.69) is 36.3 Å². The number of benzene rings is 1. The van der Waals surface area contributed by atoms with Crippen molar-refractivity contribution in [2.75, 3.05) is 32.1 Å². The van der Waals surface area contributed by atoms with Gasteiger partial charge in [0.25, 0.3) is 0 Å². The van der Waals surface area contributed by atoms with E-state index < -0.39 is 0 Å². The Morgan fingerprint density at radius 2 is 2.11 bits per heavy atom. The molecule has 3 nitrogen and oxygen atoms in total. The van der Waals surface area contributed by atoms with Gasteiger partial charge in [-0.05, 0) is 57.1 Å². The van der Waals surface area contributed by atoms with Crippen LogP contribution < -0.4 is 10.1 Å². The Balaban J connectivity index is 1.85. The lowest BCUT2D eigenvalue weighted by Gasteiger charge is -2.30. The van der Waals surface area contributed by atoms with Crippen LogP contribution in [0.1, 0.15) is 26.2 Å². The van der Waals surface area contributed by atoms with E-state index in [4.69, 9.17) is 4.74 Å². The van der Waals surface area contributed by atoms with Crippen LogP contribution in [-0.4, -0.2) is 37.7 Å². The number of anilines is 1. The van der Waals surface area contributed by atoms with E-state index in [1.807, 2.05) is 12.1 Å². The number of piperidine rings is 1. The molecule has 1 aliphatic heterocycles. The number of likely N-dealkylation sites (tertiary alicyclic amines) is 1. The fraction of sp³-hybridized carbons (Fsp3) is 0.600. The largest absolute Gasteiger partial charge is 0.494 e. The average molecular weight is 248 g/mol. The molecule has 0 bridgehead atoms. The van der Waals surface area contributed by atoms with Crippen molar-refractivity contribution in [1.29, 1.82) is 0 Å². The second-order valence-electron chi connectivity index (χ2n) is 5.12. The van der Waals surface area contributed by atoms with Gasteiger partial charge < -0.3 is 15.0 Å². The van der Waals surface area contributed by atoms with E-state index in [-0.39, 0.29) is 0 Å². The van der Waals surface area contributed by atoms with E-state index in [0.29, 0.717) is 6.04 Å². The monoisotopic (exact) mass is 248 g/mol. The zero-order valence-electron chi connectivity index (χ0n) is 11.5. The Morgan fingerprint density at radius 3 is 2.78 bits per heavy atom. The molecule has 1 aromatic rings. The summed E-state index contributed by atoms with van der Waals surface area (Å²) in [6, 6.07) is 8.89. The molecule has 0 aromatic heterocycles. The number of rotatable bonds is 5. The smallest absolute Gasteiger partial charge is 0.119 e. The summed E-state index contributed by atoms with van der Waals surface area (Å²) >= 11 is 0. The maximum Gasteiger partial charge on any atom is 0.119 e. The summed E-state index contributed by atoms with van der Waals surface area (Å²) in [5.74, 6) is 0.961. The van der Waals surface area contributed by atoms with Gasteiger partial charge in [0.15, 0.2) is 0 Å². The molecule has 1 atom stereocenters. The van der Waals surface area contributed by atoms with Crippen molar-refractivity contribution in [3.8, 4) is 5.75 Å². The number of likely N-dealkylation sites (N-methyl/N-ethyl adjacent to an activating group) is 1. The molecule has 1 unspecified atom stereocenters. The van der Waals surface area contributed by atoms with Gasteiger partial charge in [0.05, 0.1) is 6.61 Å². The van der Waals surface area contributed by atoms with Gasteiger partial charge in [-0.3, -0.25) is 0 Å². The molecule has 1 fully saturated rings. The first-order chi connectivity index (χ1) is 8.78. The van der Waals surface area contributed by atoms with Crippen LogP contribution in [0.3, 0.4) is 0 Å². The number of nitrogens with one attached hydrogen (secondary N) is 1. The van der Waals surface area contributed by atoms with Gasteiger partial charge in [-0.1, -0.05) is 6.92 Å². The highest BCUT2D eigenvalue weighted by molar-refractivity contribution is 5.47.